The van der Waals surface area contributed by atoms with Gasteiger partial charge in [-0.3, -0.25) is 4.79 Å². The zero-order valence-corrected chi connectivity index (χ0v) is 13.8. The molecule has 1 heterocycles. The van der Waals surface area contributed by atoms with E-state index in [0.717, 1.165) is 19.3 Å². The molecule has 0 bridgehead atoms. The molecule has 1 unspecified atom stereocenters. The van der Waals surface area contributed by atoms with Crippen molar-refractivity contribution in [1.82, 2.24) is 10.2 Å². The molecule has 1 saturated heterocycles. The normalized spacial score (nSPS) is 24.0. The van der Waals surface area contributed by atoms with Crippen LogP contribution in [0.2, 0.25) is 0 Å². The lowest BCUT2D eigenvalue weighted by Gasteiger charge is -2.39. The Labute approximate surface area is 128 Å². The number of carbonyl (C=O) groups excluding carboxylic acids is 1. The first-order valence-corrected chi connectivity index (χ1v) is 8.09. The summed E-state index contributed by atoms with van der Waals surface area (Å²) in [5.74, 6) is -0.365. The van der Waals surface area contributed by atoms with Crippen molar-refractivity contribution in [1.29, 1.82) is 0 Å². The van der Waals surface area contributed by atoms with E-state index in [0.29, 0.717) is 12.5 Å². The molecule has 0 radical (unpaired) electrons. The van der Waals surface area contributed by atoms with Crippen LogP contribution in [0.3, 0.4) is 0 Å². The second-order valence-corrected chi connectivity index (χ2v) is 6.82. The average molecular weight is 298 g/mol. The lowest BCUT2D eigenvalue weighted by Crippen LogP contribution is -2.52. The minimum absolute atomic E-state index is 0.00172. The van der Waals surface area contributed by atoms with E-state index < -0.39 is 5.97 Å². The summed E-state index contributed by atoms with van der Waals surface area (Å²) in [4.78, 5) is 25.2. The van der Waals surface area contributed by atoms with E-state index in [1.807, 2.05) is 4.90 Å². The van der Waals surface area contributed by atoms with Crippen LogP contribution in [-0.4, -0.2) is 40.6 Å². The summed E-state index contributed by atoms with van der Waals surface area (Å²) in [6.07, 6.45) is 4.19. The van der Waals surface area contributed by atoms with Gasteiger partial charge in [0.15, 0.2) is 0 Å². The molecule has 0 saturated carbocycles. The highest BCUT2D eigenvalue weighted by atomic mass is 16.4. The van der Waals surface area contributed by atoms with Gasteiger partial charge >= 0.3 is 12.0 Å². The van der Waals surface area contributed by atoms with Crippen molar-refractivity contribution in [2.24, 2.45) is 11.8 Å². The molecule has 0 aliphatic carbocycles. The van der Waals surface area contributed by atoms with Gasteiger partial charge in [-0.1, -0.05) is 13.8 Å². The van der Waals surface area contributed by atoms with Gasteiger partial charge in [-0.05, 0) is 51.4 Å². The maximum absolute atomic E-state index is 12.4. The molecule has 1 aliphatic rings. The molecule has 1 aliphatic heterocycles. The number of hydrogen-bond donors (Lipinski definition) is 2. The van der Waals surface area contributed by atoms with Crippen molar-refractivity contribution in [2.75, 3.05) is 6.54 Å². The van der Waals surface area contributed by atoms with Gasteiger partial charge in [0.1, 0.15) is 0 Å². The molecular weight excluding hydrogens is 268 g/mol. The van der Waals surface area contributed by atoms with Gasteiger partial charge in [0.25, 0.3) is 0 Å². The van der Waals surface area contributed by atoms with Crippen LogP contribution >= 0.6 is 0 Å². The quantitative estimate of drug-likeness (QED) is 0.791. The van der Waals surface area contributed by atoms with E-state index in [4.69, 9.17) is 5.11 Å². The Hall–Kier alpha value is -1.26. The lowest BCUT2D eigenvalue weighted by atomic mass is 9.94. The second kappa shape index (κ2) is 8.25. The predicted molar refractivity (Wildman–Crippen MR) is 83.2 cm³/mol. The Morgan fingerprint density at radius 2 is 1.81 bits per heavy atom. The summed E-state index contributed by atoms with van der Waals surface area (Å²) in [6, 6.07) is 0.474. The number of likely N-dealkylation sites (tertiary alicyclic amines) is 1. The van der Waals surface area contributed by atoms with Gasteiger partial charge in [-0.25, -0.2) is 4.79 Å². The fraction of sp³-hybridized carbons (Fsp3) is 0.875. The number of aliphatic carboxylic acids is 1. The average Bonchev–Trinajstić information content (AvgIpc) is 2.34. The summed E-state index contributed by atoms with van der Waals surface area (Å²) in [7, 11) is 0. The summed E-state index contributed by atoms with van der Waals surface area (Å²) >= 11 is 0. The first-order valence-electron chi connectivity index (χ1n) is 8.09. The fourth-order valence-electron chi connectivity index (χ4n) is 3.30. The number of nitrogens with one attached hydrogen (secondary N) is 1. The summed E-state index contributed by atoms with van der Waals surface area (Å²) in [5, 5.41) is 11.9. The van der Waals surface area contributed by atoms with Gasteiger partial charge in [-0.15, -0.1) is 0 Å². The minimum atomic E-state index is -0.797. The van der Waals surface area contributed by atoms with Crippen LogP contribution in [0.5, 0.6) is 0 Å². The molecule has 3 atom stereocenters. The van der Waals surface area contributed by atoms with Gasteiger partial charge < -0.3 is 15.3 Å². The first-order chi connectivity index (χ1) is 9.81. The molecular formula is C16H30N2O3. The summed E-state index contributed by atoms with van der Waals surface area (Å²) in [5.41, 5.74) is 0. The molecule has 1 fully saturated rings. The van der Waals surface area contributed by atoms with Crippen LogP contribution in [0.25, 0.3) is 0 Å². The van der Waals surface area contributed by atoms with Crippen LogP contribution in [-0.2, 0) is 4.79 Å². The van der Waals surface area contributed by atoms with E-state index >= 15 is 0 Å². The zero-order valence-electron chi connectivity index (χ0n) is 13.8. The predicted octanol–water partition coefficient (Wildman–Crippen LogP) is 3.10. The number of carboxylic acid groups (broad SMARTS) is 1. The minimum Gasteiger partial charge on any atom is -0.481 e. The van der Waals surface area contributed by atoms with Crippen LogP contribution in [0, 0.1) is 11.8 Å². The molecule has 0 spiro atoms. The fourth-order valence-corrected chi connectivity index (χ4v) is 3.30. The second-order valence-electron chi connectivity index (χ2n) is 6.82. The molecule has 5 heteroatoms. The zero-order chi connectivity index (χ0) is 16.0. The summed E-state index contributed by atoms with van der Waals surface area (Å²) in [6.45, 7) is 8.76. The van der Waals surface area contributed by atoms with Gasteiger partial charge in [0.05, 0.1) is 0 Å². The Balaban J connectivity index is 2.53. The van der Waals surface area contributed by atoms with Gasteiger partial charge in [0.2, 0.25) is 0 Å². The summed E-state index contributed by atoms with van der Waals surface area (Å²) < 4.78 is 0. The van der Waals surface area contributed by atoms with Crippen molar-refractivity contribution in [2.45, 2.75) is 71.9 Å². The molecule has 122 valence electrons. The van der Waals surface area contributed by atoms with E-state index in [2.05, 4.69) is 33.0 Å². The molecule has 2 N–H and O–H groups in total. The Bertz CT molecular complexity index is 347. The van der Waals surface area contributed by atoms with Crippen molar-refractivity contribution in [3.63, 3.8) is 0 Å². The SMILES string of the molecule is CC(C)CC(CNC(=O)N1[C@H](C)CCC[C@@H]1C)CC(=O)O. The van der Waals surface area contributed by atoms with Crippen molar-refractivity contribution in [3.05, 3.63) is 0 Å². The van der Waals surface area contributed by atoms with E-state index in [-0.39, 0.29) is 30.5 Å². The molecule has 21 heavy (non-hydrogen) atoms. The highest BCUT2D eigenvalue weighted by Crippen LogP contribution is 2.22. The number of amides is 2. The molecule has 0 aromatic carbocycles. The number of nitrogens with zero attached hydrogens (tertiary/aromatic N) is 1. The van der Waals surface area contributed by atoms with Crippen molar-refractivity contribution < 1.29 is 14.7 Å². The third-order valence-corrected chi connectivity index (χ3v) is 4.24. The highest BCUT2D eigenvalue weighted by Gasteiger charge is 2.29. The Morgan fingerprint density at radius 3 is 2.29 bits per heavy atom. The standard InChI is InChI=1S/C16H30N2O3/c1-11(2)8-14(9-15(19)20)10-17-16(21)18-12(3)6-5-7-13(18)4/h11-14H,5-10H2,1-4H3,(H,17,21)(H,19,20)/t12-,13+,14?. The van der Waals surface area contributed by atoms with Crippen molar-refractivity contribution >= 4 is 12.0 Å². The monoisotopic (exact) mass is 298 g/mol. The maximum Gasteiger partial charge on any atom is 0.317 e. The van der Waals surface area contributed by atoms with Crippen LogP contribution < -0.4 is 5.32 Å². The van der Waals surface area contributed by atoms with Crippen molar-refractivity contribution in [3.8, 4) is 0 Å². The number of rotatable bonds is 6. The molecule has 0 aromatic heterocycles. The molecule has 0 aromatic rings. The molecule has 5 nitrogen and oxygen atoms in total. The maximum atomic E-state index is 12.4. The first kappa shape index (κ1) is 17.8. The number of urea groups is 1. The Morgan fingerprint density at radius 1 is 1.24 bits per heavy atom. The van der Waals surface area contributed by atoms with Crippen LogP contribution in [0.15, 0.2) is 0 Å². The number of carbonyl (C=O) groups is 2. The third-order valence-electron chi connectivity index (χ3n) is 4.24. The van der Waals surface area contributed by atoms with Crippen LogP contribution in [0.1, 0.15) is 59.8 Å². The van der Waals surface area contributed by atoms with E-state index in [1.54, 1.807) is 0 Å². The number of piperidine rings is 1. The van der Waals surface area contributed by atoms with E-state index in [9.17, 15) is 9.59 Å². The smallest absolute Gasteiger partial charge is 0.317 e. The Kier molecular flexibility index (Phi) is 6.99. The molecule has 2 amide bonds. The topological polar surface area (TPSA) is 69.6 Å². The lowest BCUT2D eigenvalue weighted by molar-refractivity contribution is -0.138. The van der Waals surface area contributed by atoms with E-state index in [1.165, 1.54) is 6.42 Å². The number of hydrogen-bond acceptors (Lipinski definition) is 2. The highest BCUT2D eigenvalue weighted by molar-refractivity contribution is 5.75. The van der Waals surface area contributed by atoms with Gasteiger partial charge in [0, 0.05) is 25.0 Å². The largest absolute Gasteiger partial charge is 0.481 e. The van der Waals surface area contributed by atoms with Gasteiger partial charge in [-0.2, -0.15) is 0 Å². The third kappa shape index (κ3) is 5.94. The van der Waals surface area contributed by atoms with Crippen LogP contribution in [0.4, 0.5) is 4.79 Å². The number of carboxylic acids is 1. The molecule has 1 rings (SSSR count).